The molecule has 0 saturated carbocycles. The molecule has 1 N–H and O–H groups in total. The number of nitrogens with one attached hydrogen (secondary N) is 1. The smallest absolute Gasteiger partial charge is 0.346 e. The van der Waals surface area contributed by atoms with Gasteiger partial charge in [0.05, 0.1) is 24.0 Å². The number of nitrogens with zero attached hydrogens (tertiary/aromatic N) is 6. The van der Waals surface area contributed by atoms with Gasteiger partial charge in [-0.2, -0.15) is 18.3 Å². The minimum absolute atomic E-state index is 0.0283. The number of carbonyl (C=O) groups excluding carboxylic acids is 1. The summed E-state index contributed by atoms with van der Waals surface area (Å²) in [6, 6.07) is 0.632. The first-order valence-corrected chi connectivity index (χ1v) is 10.1. The highest BCUT2D eigenvalue weighted by atomic mass is 19.4. The molecule has 0 radical (unpaired) electrons. The molecule has 0 aliphatic carbocycles. The van der Waals surface area contributed by atoms with Gasteiger partial charge in [-0.25, -0.2) is 9.97 Å². The first kappa shape index (κ1) is 21.7. The van der Waals surface area contributed by atoms with Crippen molar-refractivity contribution >= 4 is 17.4 Å². The highest BCUT2D eigenvalue weighted by molar-refractivity contribution is 6.02. The van der Waals surface area contributed by atoms with Crippen LogP contribution in [-0.4, -0.2) is 43.7 Å². The Balaban J connectivity index is 1.47. The van der Waals surface area contributed by atoms with E-state index in [0.717, 1.165) is 17.8 Å². The quantitative estimate of drug-likeness (QED) is 0.650. The third kappa shape index (κ3) is 4.27. The third-order valence-corrected chi connectivity index (χ3v) is 5.53. The fraction of sp³-hybridized carbons (Fsp3) is 0.381. The van der Waals surface area contributed by atoms with Crippen LogP contribution >= 0.6 is 0 Å². The van der Waals surface area contributed by atoms with Crippen LogP contribution in [0.15, 0.2) is 30.9 Å². The molecule has 3 aromatic rings. The molecule has 0 aromatic carbocycles. The Hall–Kier alpha value is -3.50. The van der Waals surface area contributed by atoms with Crippen LogP contribution in [0.1, 0.15) is 35.1 Å². The maximum atomic E-state index is 13.2. The van der Waals surface area contributed by atoms with Gasteiger partial charge in [-0.3, -0.25) is 14.5 Å². The van der Waals surface area contributed by atoms with Gasteiger partial charge in [0, 0.05) is 37.6 Å². The van der Waals surface area contributed by atoms with E-state index in [9.17, 15) is 18.0 Å². The van der Waals surface area contributed by atoms with Gasteiger partial charge >= 0.3 is 6.18 Å². The van der Waals surface area contributed by atoms with Crippen LogP contribution in [-0.2, 0) is 30.4 Å². The number of aromatic nitrogens is 5. The molecular formula is C21H22F3N7O. The Kier molecular flexibility index (Phi) is 5.57. The van der Waals surface area contributed by atoms with Gasteiger partial charge in [0.15, 0.2) is 5.82 Å². The highest BCUT2D eigenvalue weighted by Gasteiger charge is 2.33. The molecule has 32 heavy (non-hydrogen) atoms. The SMILES string of the molecule is Cc1nc(CCc2cnn(Cc3cnccc3C(F)(F)F)c2)nc2c1NC(=O)[C@H](C)N2C. The first-order chi connectivity index (χ1) is 15.1. The molecule has 8 nitrogen and oxygen atoms in total. The number of hydrogen-bond acceptors (Lipinski definition) is 6. The van der Waals surface area contributed by atoms with Crippen molar-refractivity contribution in [1.29, 1.82) is 0 Å². The fourth-order valence-corrected chi connectivity index (χ4v) is 3.60. The summed E-state index contributed by atoms with van der Waals surface area (Å²) >= 11 is 0. The molecule has 0 fully saturated rings. The maximum Gasteiger partial charge on any atom is 0.416 e. The van der Waals surface area contributed by atoms with Gasteiger partial charge < -0.3 is 10.2 Å². The molecule has 168 valence electrons. The second kappa shape index (κ2) is 8.21. The molecule has 4 rings (SSSR count). The number of aryl methyl sites for hydroxylation is 3. The van der Waals surface area contributed by atoms with Gasteiger partial charge in [-0.1, -0.05) is 0 Å². The zero-order valence-corrected chi connectivity index (χ0v) is 17.8. The minimum atomic E-state index is -4.44. The number of anilines is 2. The Morgan fingerprint density at radius 3 is 2.72 bits per heavy atom. The second-order valence-electron chi connectivity index (χ2n) is 7.78. The minimum Gasteiger partial charge on any atom is -0.346 e. The van der Waals surface area contributed by atoms with Crippen molar-refractivity contribution in [2.24, 2.45) is 0 Å². The Morgan fingerprint density at radius 1 is 1.19 bits per heavy atom. The van der Waals surface area contributed by atoms with E-state index in [4.69, 9.17) is 0 Å². The standard InChI is InChI=1S/C21H22F3N7O/c1-12-18-19(30(3)13(2)20(32)29-18)28-17(27-12)5-4-14-8-26-31(10-14)11-15-9-25-7-6-16(15)21(22,23)24/h6-10,13H,4-5,11H2,1-3H3,(H,29,32)/t13-/m0/s1. The lowest BCUT2D eigenvalue weighted by Gasteiger charge is -2.32. The molecule has 1 aliphatic rings. The van der Waals surface area contributed by atoms with Crippen LogP contribution in [0.25, 0.3) is 0 Å². The number of likely N-dealkylation sites (N-methyl/N-ethyl adjacent to an activating group) is 1. The topological polar surface area (TPSA) is 88.8 Å². The number of alkyl halides is 3. The molecule has 0 spiro atoms. The highest BCUT2D eigenvalue weighted by Crippen LogP contribution is 2.32. The van der Waals surface area contributed by atoms with E-state index < -0.39 is 11.7 Å². The normalized spacial score (nSPS) is 16.1. The van der Waals surface area contributed by atoms with E-state index in [2.05, 4.69) is 25.4 Å². The van der Waals surface area contributed by atoms with Crippen LogP contribution in [0.2, 0.25) is 0 Å². The van der Waals surface area contributed by atoms with Crippen LogP contribution in [0.5, 0.6) is 0 Å². The first-order valence-electron chi connectivity index (χ1n) is 10.1. The van der Waals surface area contributed by atoms with Crippen molar-refractivity contribution in [2.75, 3.05) is 17.3 Å². The monoisotopic (exact) mass is 445 g/mol. The van der Waals surface area contributed by atoms with Crippen molar-refractivity contribution in [3.8, 4) is 0 Å². The number of hydrogen-bond donors (Lipinski definition) is 1. The van der Waals surface area contributed by atoms with E-state index in [0.29, 0.717) is 35.9 Å². The van der Waals surface area contributed by atoms with Gasteiger partial charge in [0.2, 0.25) is 5.91 Å². The van der Waals surface area contributed by atoms with Crippen molar-refractivity contribution in [3.63, 3.8) is 0 Å². The fourth-order valence-electron chi connectivity index (χ4n) is 3.60. The number of pyridine rings is 1. The van der Waals surface area contributed by atoms with Crippen molar-refractivity contribution in [3.05, 3.63) is 59.1 Å². The third-order valence-electron chi connectivity index (χ3n) is 5.53. The van der Waals surface area contributed by atoms with E-state index in [-0.39, 0.29) is 24.1 Å². The van der Waals surface area contributed by atoms with Crippen LogP contribution < -0.4 is 10.2 Å². The molecule has 1 atom stereocenters. The van der Waals surface area contributed by atoms with Gasteiger partial charge in [-0.05, 0) is 31.9 Å². The lowest BCUT2D eigenvalue weighted by molar-refractivity contribution is -0.138. The van der Waals surface area contributed by atoms with E-state index in [1.807, 2.05) is 18.9 Å². The Bertz CT molecular complexity index is 1160. The molecule has 0 saturated heterocycles. The average Bonchev–Trinajstić information content (AvgIpc) is 3.18. The predicted molar refractivity (Wildman–Crippen MR) is 111 cm³/mol. The summed E-state index contributed by atoms with van der Waals surface area (Å²) < 4.78 is 41.0. The molecule has 4 heterocycles. The lowest BCUT2D eigenvalue weighted by atomic mass is 10.1. The number of carbonyl (C=O) groups is 1. The van der Waals surface area contributed by atoms with Gasteiger partial charge in [0.1, 0.15) is 17.6 Å². The van der Waals surface area contributed by atoms with Crippen LogP contribution in [0.4, 0.5) is 24.7 Å². The van der Waals surface area contributed by atoms with Crippen LogP contribution in [0.3, 0.4) is 0 Å². The summed E-state index contributed by atoms with van der Waals surface area (Å²) in [5.74, 6) is 1.19. The summed E-state index contributed by atoms with van der Waals surface area (Å²) in [7, 11) is 1.82. The molecule has 0 unspecified atom stereocenters. The molecule has 1 amide bonds. The van der Waals surface area contributed by atoms with Crippen molar-refractivity contribution in [1.82, 2.24) is 24.7 Å². The molecule has 11 heteroatoms. The van der Waals surface area contributed by atoms with E-state index >= 15 is 0 Å². The zero-order chi connectivity index (χ0) is 23.0. The second-order valence-corrected chi connectivity index (χ2v) is 7.78. The van der Waals surface area contributed by atoms with Gasteiger partial charge in [0.25, 0.3) is 0 Å². The summed E-state index contributed by atoms with van der Waals surface area (Å²) in [6.07, 6.45) is 2.34. The van der Waals surface area contributed by atoms with Crippen molar-refractivity contribution < 1.29 is 18.0 Å². The average molecular weight is 445 g/mol. The van der Waals surface area contributed by atoms with Gasteiger partial charge in [-0.15, -0.1) is 0 Å². The van der Waals surface area contributed by atoms with E-state index in [1.165, 1.54) is 10.9 Å². The lowest BCUT2D eigenvalue weighted by Crippen LogP contribution is -2.45. The molecular weight excluding hydrogens is 423 g/mol. The molecule has 3 aromatic heterocycles. The summed E-state index contributed by atoms with van der Waals surface area (Å²) in [5, 5.41) is 7.04. The van der Waals surface area contributed by atoms with Crippen molar-refractivity contribution in [2.45, 2.75) is 45.5 Å². The number of halogens is 3. The largest absolute Gasteiger partial charge is 0.416 e. The predicted octanol–water partition coefficient (Wildman–Crippen LogP) is 3.01. The summed E-state index contributed by atoms with van der Waals surface area (Å²) in [4.78, 5) is 26.8. The number of rotatable bonds is 5. The number of fused-ring (bicyclic) bond motifs is 1. The maximum absolute atomic E-state index is 13.2. The number of amides is 1. The Labute approximate surface area is 182 Å². The summed E-state index contributed by atoms with van der Waals surface area (Å²) in [5.41, 5.74) is 1.50. The molecule has 1 aliphatic heterocycles. The zero-order valence-electron chi connectivity index (χ0n) is 17.8. The summed E-state index contributed by atoms with van der Waals surface area (Å²) in [6.45, 7) is 3.59. The Morgan fingerprint density at radius 2 is 1.97 bits per heavy atom. The van der Waals surface area contributed by atoms with E-state index in [1.54, 1.807) is 19.3 Å². The molecule has 0 bridgehead atoms. The van der Waals surface area contributed by atoms with Crippen LogP contribution in [0, 0.1) is 6.92 Å².